The summed E-state index contributed by atoms with van der Waals surface area (Å²) in [6.45, 7) is 6.61. The summed E-state index contributed by atoms with van der Waals surface area (Å²) in [5.41, 5.74) is 1.65. The number of anilines is 1. The minimum absolute atomic E-state index is 0.0390. The molecule has 2 atom stereocenters. The van der Waals surface area contributed by atoms with Crippen LogP contribution in [0.5, 0.6) is 0 Å². The SMILES string of the molecule is CC[C@H](C)NC(=O)[C@H](C)N(Cc1c(Cl)cccc1Cl)C(=O)CN(c1ccc(Br)cc1)S(=O)(=O)c1ccc(C)cc1. The lowest BCUT2D eigenvalue weighted by Gasteiger charge is -2.33. The van der Waals surface area contributed by atoms with Crippen molar-refractivity contribution in [3.05, 3.63) is 92.4 Å². The number of hydrogen-bond donors (Lipinski definition) is 1. The minimum atomic E-state index is -4.15. The van der Waals surface area contributed by atoms with Crippen molar-refractivity contribution in [1.29, 1.82) is 0 Å². The molecule has 3 rings (SSSR count). The van der Waals surface area contributed by atoms with Crippen LogP contribution < -0.4 is 9.62 Å². The maximum atomic E-state index is 14.0. The Balaban J connectivity index is 2.06. The third-order valence-corrected chi connectivity index (χ3v) is 9.59. The van der Waals surface area contributed by atoms with Crippen LogP contribution in [0, 0.1) is 6.92 Å². The maximum absolute atomic E-state index is 14.0. The largest absolute Gasteiger partial charge is 0.352 e. The van der Waals surface area contributed by atoms with Crippen molar-refractivity contribution in [3.8, 4) is 0 Å². The summed E-state index contributed by atoms with van der Waals surface area (Å²) in [5, 5.41) is 3.56. The Labute approximate surface area is 254 Å². The molecule has 0 radical (unpaired) electrons. The first-order valence-electron chi connectivity index (χ1n) is 12.7. The van der Waals surface area contributed by atoms with Gasteiger partial charge in [0.1, 0.15) is 12.6 Å². The number of rotatable bonds is 11. The van der Waals surface area contributed by atoms with Gasteiger partial charge in [0.05, 0.1) is 10.6 Å². The number of amides is 2. The molecule has 2 amide bonds. The summed E-state index contributed by atoms with van der Waals surface area (Å²) in [5.74, 6) is -0.969. The fourth-order valence-electron chi connectivity index (χ4n) is 3.88. The molecule has 11 heteroatoms. The molecule has 0 aliphatic heterocycles. The highest BCUT2D eigenvalue weighted by molar-refractivity contribution is 9.10. The van der Waals surface area contributed by atoms with Gasteiger partial charge >= 0.3 is 0 Å². The monoisotopic (exact) mass is 667 g/mol. The summed E-state index contributed by atoms with van der Waals surface area (Å²) < 4.78 is 29.5. The zero-order valence-corrected chi connectivity index (χ0v) is 26.6. The Kier molecular flexibility index (Phi) is 11.1. The molecule has 0 heterocycles. The summed E-state index contributed by atoms with van der Waals surface area (Å²) in [7, 11) is -4.15. The second-order valence-corrected chi connectivity index (χ2v) is 13.1. The summed E-state index contributed by atoms with van der Waals surface area (Å²) in [6.07, 6.45) is 0.703. The van der Waals surface area contributed by atoms with E-state index in [-0.39, 0.29) is 23.4 Å². The van der Waals surface area contributed by atoms with E-state index in [0.29, 0.717) is 27.7 Å². The van der Waals surface area contributed by atoms with Crippen molar-refractivity contribution in [2.24, 2.45) is 0 Å². The van der Waals surface area contributed by atoms with E-state index in [1.807, 2.05) is 20.8 Å². The first-order valence-corrected chi connectivity index (χ1v) is 15.7. The Morgan fingerprint density at radius 2 is 1.52 bits per heavy atom. The number of aryl methyl sites for hydroxylation is 1. The zero-order valence-electron chi connectivity index (χ0n) is 22.7. The van der Waals surface area contributed by atoms with Crippen LogP contribution >= 0.6 is 39.1 Å². The minimum Gasteiger partial charge on any atom is -0.352 e. The molecule has 0 fully saturated rings. The quantitative estimate of drug-likeness (QED) is 0.250. The third-order valence-electron chi connectivity index (χ3n) is 6.56. The van der Waals surface area contributed by atoms with Gasteiger partial charge in [-0.3, -0.25) is 13.9 Å². The van der Waals surface area contributed by atoms with E-state index in [0.717, 1.165) is 14.3 Å². The molecule has 0 bridgehead atoms. The number of nitrogens with zero attached hydrogens (tertiary/aromatic N) is 2. The molecule has 1 N–H and O–H groups in total. The molecule has 40 heavy (non-hydrogen) atoms. The van der Waals surface area contributed by atoms with Gasteiger partial charge in [-0.25, -0.2) is 8.42 Å². The maximum Gasteiger partial charge on any atom is 0.264 e. The predicted octanol–water partition coefficient (Wildman–Crippen LogP) is 6.59. The lowest BCUT2D eigenvalue weighted by atomic mass is 10.1. The molecule has 0 aliphatic carbocycles. The van der Waals surface area contributed by atoms with Crippen LogP contribution in [0.1, 0.15) is 38.3 Å². The normalized spacial score (nSPS) is 12.9. The molecule has 3 aromatic rings. The number of halogens is 3. The molecule has 3 aromatic carbocycles. The Hall–Kier alpha value is -2.59. The molecular formula is C29H32BrCl2N3O4S. The molecule has 0 saturated heterocycles. The van der Waals surface area contributed by atoms with Crippen molar-refractivity contribution < 1.29 is 18.0 Å². The van der Waals surface area contributed by atoms with Crippen molar-refractivity contribution in [2.45, 2.75) is 57.6 Å². The lowest BCUT2D eigenvalue weighted by molar-refractivity contribution is -0.139. The van der Waals surface area contributed by atoms with Gasteiger partial charge in [-0.15, -0.1) is 0 Å². The number of nitrogens with one attached hydrogen (secondary N) is 1. The van der Waals surface area contributed by atoms with Crippen LogP contribution in [0.2, 0.25) is 10.0 Å². The van der Waals surface area contributed by atoms with Crippen LogP contribution in [-0.2, 0) is 26.2 Å². The van der Waals surface area contributed by atoms with Crippen molar-refractivity contribution >= 4 is 66.7 Å². The summed E-state index contributed by atoms with van der Waals surface area (Å²) in [6, 6.07) is 16.9. The van der Waals surface area contributed by atoms with Gasteiger partial charge in [0.25, 0.3) is 10.0 Å². The topological polar surface area (TPSA) is 86.8 Å². The number of carbonyl (C=O) groups is 2. The lowest BCUT2D eigenvalue weighted by Crippen LogP contribution is -2.52. The van der Waals surface area contributed by atoms with Gasteiger partial charge in [-0.1, -0.05) is 69.8 Å². The molecule has 0 spiro atoms. The Morgan fingerprint density at radius 1 is 0.950 bits per heavy atom. The molecular weight excluding hydrogens is 637 g/mol. The highest BCUT2D eigenvalue weighted by Gasteiger charge is 2.33. The summed E-state index contributed by atoms with van der Waals surface area (Å²) >= 11 is 16.2. The smallest absolute Gasteiger partial charge is 0.264 e. The van der Waals surface area contributed by atoms with E-state index in [1.54, 1.807) is 61.5 Å². The summed E-state index contributed by atoms with van der Waals surface area (Å²) in [4.78, 5) is 28.5. The molecule has 214 valence electrons. The van der Waals surface area contributed by atoms with E-state index in [1.165, 1.54) is 17.0 Å². The second kappa shape index (κ2) is 13.9. The molecule has 0 aromatic heterocycles. The number of benzene rings is 3. The van der Waals surface area contributed by atoms with Crippen LogP contribution in [-0.4, -0.2) is 43.8 Å². The zero-order chi connectivity index (χ0) is 29.6. The van der Waals surface area contributed by atoms with Crippen molar-refractivity contribution in [1.82, 2.24) is 10.2 Å². The van der Waals surface area contributed by atoms with Gasteiger partial charge in [-0.05, 0) is 75.7 Å². The van der Waals surface area contributed by atoms with Crippen LogP contribution in [0.4, 0.5) is 5.69 Å². The van der Waals surface area contributed by atoms with Crippen LogP contribution in [0.25, 0.3) is 0 Å². The molecule has 0 unspecified atom stereocenters. The van der Waals surface area contributed by atoms with Gasteiger partial charge in [0.15, 0.2) is 0 Å². The van der Waals surface area contributed by atoms with Gasteiger partial charge in [-0.2, -0.15) is 0 Å². The number of sulfonamides is 1. The molecule has 0 aliphatic rings. The predicted molar refractivity (Wildman–Crippen MR) is 164 cm³/mol. The number of hydrogen-bond acceptors (Lipinski definition) is 4. The van der Waals surface area contributed by atoms with Crippen LogP contribution in [0.15, 0.2) is 76.1 Å². The number of carbonyl (C=O) groups excluding carboxylic acids is 2. The van der Waals surface area contributed by atoms with Crippen molar-refractivity contribution in [2.75, 3.05) is 10.8 Å². The van der Waals surface area contributed by atoms with E-state index in [4.69, 9.17) is 23.2 Å². The second-order valence-electron chi connectivity index (χ2n) is 9.52. The van der Waals surface area contributed by atoms with Gasteiger partial charge in [0.2, 0.25) is 11.8 Å². The van der Waals surface area contributed by atoms with E-state index in [9.17, 15) is 18.0 Å². The Bertz CT molecular complexity index is 1430. The fourth-order valence-corrected chi connectivity index (χ4v) is 6.07. The first kappa shape index (κ1) is 31.9. The molecule has 0 saturated carbocycles. The third kappa shape index (κ3) is 7.78. The molecule has 7 nitrogen and oxygen atoms in total. The van der Waals surface area contributed by atoms with Crippen molar-refractivity contribution in [3.63, 3.8) is 0 Å². The average Bonchev–Trinajstić information content (AvgIpc) is 2.91. The highest BCUT2D eigenvalue weighted by Crippen LogP contribution is 2.29. The van der Waals surface area contributed by atoms with Gasteiger partial charge < -0.3 is 10.2 Å². The average molecular weight is 669 g/mol. The standard InChI is InChI=1S/C29H32BrCl2N3O4S/c1-5-20(3)33-29(37)21(4)34(17-25-26(31)7-6-8-27(25)32)28(36)18-35(23-13-11-22(30)12-14-23)40(38,39)24-15-9-19(2)10-16-24/h6-16,20-21H,5,17-18H2,1-4H3,(H,33,37)/t20-,21-/m0/s1. The van der Waals surface area contributed by atoms with E-state index >= 15 is 0 Å². The first-order chi connectivity index (χ1) is 18.8. The van der Waals surface area contributed by atoms with E-state index in [2.05, 4.69) is 21.2 Å². The highest BCUT2D eigenvalue weighted by atomic mass is 79.9. The van der Waals surface area contributed by atoms with Crippen LogP contribution in [0.3, 0.4) is 0 Å². The fraction of sp³-hybridized carbons (Fsp3) is 0.310. The Morgan fingerprint density at radius 3 is 2.08 bits per heavy atom. The van der Waals surface area contributed by atoms with Gasteiger partial charge in [0, 0.05) is 32.7 Å². The van der Waals surface area contributed by atoms with E-state index < -0.39 is 28.5 Å².